The molecule has 1 heterocycles. The Labute approximate surface area is 180 Å². The first-order valence-corrected chi connectivity index (χ1v) is 9.72. The van der Waals surface area contributed by atoms with E-state index in [9.17, 15) is 4.39 Å². The van der Waals surface area contributed by atoms with E-state index in [1.165, 1.54) is 0 Å². The summed E-state index contributed by atoms with van der Waals surface area (Å²) in [5, 5.41) is 10.8. The molecule has 30 heavy (non-hydrogen) atoms. The number of rotatable bonds is 9. The number of nitrogens with two attached hydrogens (primary N) is 1. The van der Waals surface area contributed by atoms with Crippen LogP contribution in [-0.2, 0) is 4.74 Å². The predicted octanol–water partition coefficient (Wildman–Crippen LogP) is 4.40. The van der Waals surface area contributed by atoms with E-state index < -0.39 is 5.82 Å². The molecule has 0 unspecified atom stereocenters. The first-order chi connectivity index (χ1) is 14.5. The van der Waals surface area contributed by atoms with Gasteiger partial charge in [0.2, 0.25) is 5.95 Å². The molecule has 4 N–H and O–H groups in total. The number of nitrogens with zero attached hydrogens (tertiary/aromatic N) is 3. The van der Waals surface area contributed by atoms with E-state index in [-0.39, 0.29) is 11.8 Å². The molecule has 0 bridgehead atoms. The Morgan fingerprint density at radius 2 is 2.10 bits per heavy atom. The molecule has 0 amide bonds. The zero-order valence-corrected chi connectivity index (χ0v) is 17.4. The van der Waals surface area contributed by atoms with Gasteiger partial charge in [-0.15, -0.1) is 12.6 Å². The second-order valence-electron chi connectivity index (χ2n) is 6.46. The molecule has 0 atom stereocenters. The molecular formula is C21H23FN6OS. The van der Waals surface area contributed by atoms with Crippen LogP contribution < -0.4 is 16.0 Å². The summed E-state index contributed by atoms with van der Waals surface area (Å²) in [6.07, 6.45) is 2.90. The normalized spacial score (nSPS) is 10.6. The average Bonchev–Trinajstić information content (AvgIpc) is 2.73. The van der Waals surface area contributed by atoms with Crippen molar-refractivity contribution in [3.05, 3.63) is 60.0 Å². The topological polar surface area (TPSA) is 100 Å². The second-order valence-corrected chi connectivity index (χ2v) is 6.98. The van der Waals surface area contributed by atoms with Gasteiger partial charge in [0.15, 0.2) is 11.6 Å². The number of aromatic nitrogens is 2. The van der Waals surface area contributed by atoms with Gasteiger partial charge in [0.1, 0.15) is 0 Å². The number of benzene rings is 2. The Morgan fingerprint density at radius 3 is 2.83 bits per heavy atom. The van der Waals surface area contributed by atoms with Crippen LogP contribution in [0, 0.1) is 11.2 Å². The fourth-order valence-corrected chi connectivity index (χ4v) is 3.22. The standard InChI is InChI=1S/C21H23FN6OS/c1-29-10-4-9-28(19-8-3-7-18(24)16(19)12-23)20-17(22)13-25-21(27-20)26-14-5-2-6-15(30)11-14/h2-3,5-8,11-13,23,30H,4,9-10,24H2,1H3,(H,25,26,27). The Balaban J connectivity index is 2.02. The summed E-state index contributed by atoms with van der Waals surface area (Å²) in [5.74, 6) is -0.263. The number of nitrogens with one attached hydrogen (secondary N) is 2. The molecule has 0 fully saturated rings. The summed E-state index contributed by atoms with van der Waals surface area (Å²) in [6.45, 7) is 0.906. The van der Waals surface area contributed by atoms with Crippen molar-refractivity contribution in [1.29, 1.82) is 5.41 Å². The van der Waals surface area contributed by atoms with E-state index in [0.717, 1.165) is 23.0 Å². The summed E-state index contributed by atoms with van der Waals surface area (Å²) in [4.78, 5) is 10.9. The smallest absolute Gasteiger partial charge is 0.229 e. The zero-order valence-electron chi connectivity index (χ0n) is 16.5. The minimum atomic E-state index is -0.584. The second kappa shape index (κ2) is 10.0. The van der Waals surface area contributed by atoms with Crippen molar-refractivity contribution in [3.63, 3.8) is 0 Å². The molecule has 0 aliphatic rings. The average molecular weight is 427 g/mol. The fraction of sp³-hybridized carbons (Fsp3) is 0.190. The lowest BCUT2D eigenvalue weighted by Crippen LogP contribution is -2.24. The quantitative estimate of drug-likeness (QED) is 0.175. The Kier molecular flexibility index (Phi) is 7.21. The molecule has 2 aromatic carbocycles. The molecule has 0 radical (unpaired) electrons. The highest BCUT2D eigenvalue weighted by atomic mass is 32.1. The van der Waals surface area contributed by atoms with Crippen LogP contribution in [0.3, 0.4) is 0 Å². The highest BCUT2D eigenvalue weighted by molar-refractivity contribution is 7.80. The maximum atomic E-state index is 14.8. The third-order valence-corrected chi connectivity index (χ3v) is 4.64. The molecule has 0 aliphatic heterocycles. The van der Waals surface area contributed by atoms with Crippen molar-refractivity contribution in [2.45, 2.75) is 11.3 Å². The van der Waals surface area contributed by atoms with Gasteiger partial charge in [-0.05, 0) is 36.8 Å². The van der Waals surface area contributed by atoms with Crippen LogP contribution in [0.1, 0.15) is 12.0 Å². The molecule has 9 heteroatoms. The number of ether oxygens (including phenoxy) is 1. The summed E-state index contributed by atoms with van der Waals surface area (Å²) >= 11 is 4.32. The van der Waals surface area contributed by atoms with E-state index >= 15 is 0 Å². The molecule has 0 saturated carbocycles. The highest BCUT2D eigenvalue weighted by Crippen LogP contribution is 2.32. The fourth-order valence-electron chi connectivity index (χ4n) is 2.99. The van der Waals surface area contributed by atoms with Gasteiger partial charge in [-0.3, -0.25) is 0 Å². The highest BCUT2D eigenvalue weighted by Gasteiger charge is 2.20. The van der Waals surface area contributed by atoms with Crippen molar-refractivity contribution in [2.24, 2.45) is 0 Å². The lowest BCUT2D eigenvalue weighted by molar-refractivity contribution is 0.196. The van der Waals surface area contributed by atoms with Gasteiger partial charge >= 0.3 is 0 Å². The maximum Gasteiger partial charge on any atom is 0.229 e. The number of hydrogen-bond acceptors (Lipinski definition) is 8. The molecule has 0 saturated heterocycles. The molecule has 1 aromatic heterocycles. The van der Waals surface area contributed by atoms with Gasteiger partial charge in [0.25, 0.3) is 0 Å². The summed E-state index contributed by atoms with van der Waals surface area (Å²) in [5.41, 5.74) is 8.27. The molecule has 0 spiro atoms. The number of halogens is 1. The first-order valence-electron chi connectivity index (χ1n) is 9.27. The number of methoxy groups -OCH3 is 1. The van der Waals surface area contributed by atoms with Gasteiger partial charge in [-0.2, -0.15) is 4.98 Å². The van der Waals surface area contributed by atoms with Gasteiger partial charge in [-0.1, -0.05) is 12.1 Å². The van der Waals surface area contributed by atoms with E-state index in [2.05, 4.69) is 27.9 Å². The summed E-state index contributed by atoms with van der Waals surface area (Å²) in [7, 11) is 1.61. The number of hydrogen-bond donors (Lipinski definition) is 4. The third-order valence-electron chi connectivity index (χ3n) is 4.37. The van der Waals surface area contributed by atoms with Crippen molar-refractivity contribution < 1.29 is 9.13 Å². The maximum absolute atomic E-state index is 14.8. The molecular weight excluding hydrogens is 403 g/mol. The van der Waals surface area contributed by atoms with Crippen LogP contribution in [-0.4, -0.2) is 36.4 Å². The Hall–Kier alpha value is -3.17. The lowest BCUT2D eigenvalue weighted by atomic mass is 10.1. The SMILES string of the molecule is COCCCN(c1cccc(N)c1C=N)c1nc(Nc2cccc(S)c2)ncc1F. The predicted molar refractivity (Wildman–Crippen MR) is 121 cm³/mol. The number of anilines is 5. The first kappa shape index (κ1) is 21.5. The molecule has 3 rings (SSSR count). The van der Waals surface area contributed by atoms with Crippen LogP contribution in [0.2, 0.25) is 0 Å². The van der Waals surface area contributed by atoms with Crippen LogP contribution in [0.5, 0.6) is 0 Å². The van der Waals surface area contributed by atoms with Crippen LogP contribution in [0.15, 0.2) is 53.6 Å². The summed E-state index contributed by atoms with van der Waals surface area (Å²) in [6, 6.07) is 12.6. The van der Waals surface area contributed by atoms with Crippen LogP contribution in [0.4, 0.5) is 33.2 Å². The zero-order chi connectivity index (χ0) is 21.5. The molecule has 7 nitrogen and oxygen atoms in total. The number of nitrogen functional groups attached to an aromatic ring is 1. The van der Waals surface area contributed by atoms with Crippen LogP contribution >= 0.6 is 12.6 Å². The van der Waals surface area contributed by atoms with Crippen molar-refractivity contribution in [3.8, 4) is 0 Å². The third kappa shape index (κ3) is 5.05. The lowest BCUT2D eigenvalue weighted by Gasteiger charge is -2.26. The van der Waals surface area contributed by atoms with Gasteiger partial charge in [-0.25, -0.2) is 9.37 Å². The van der Waals surface area contributed by atoms with Gasteiger partial charge in [0.05, 0.1) is 11.9 Å². The van der Waals surface area contributed by atoms with Crippen molar-refractivity contribution in [1.82, 2.24) is 9.97 Å². The molecule has 0 aliphatic carbocycles. The van der Waals surface area contributed by atoms with E-state index in [0.29, 0.717) is 36.5 Å². The minimum Gasteiger partial charge on any atom is -0.398 e. The minimum absolute atomic E-state index is 0.0827. The van der Waals surface area contributed by atoms with E-state index in [4.69, 9.17) is 15.9 Å². The monoisotopic (exact) mass is 426 g/mol. The van der Waals surface area contributed by atoms with Crippen molar-refractivity contribution >= 4 is 47.7 Å². The molecule has 3 aromatic rings. The Morgan fingerprint density at radius 1 is 1.30 bits per heavy atom. The van der Waals surface area contributed by atoms with E-state index in [1.807, 2.05) is 24.3 Å². The van der Waals surface area contributed by atoms with Gasteiger partial charge < -0.3 is 26.1 Å². The van der Waals surface area contributed by atoms with E-state index in [1.54, 1.807) is 30.2 Å². The largest absolute Gasteiger partial charge is 0.398 e. The van der Waals surface area contributed by atoms with Gasteiger partial charge in [0, 0.05) is 48.3 Å². The summed E-state index contributed by atoms with van der Waals surface area (Å²) < 4.78 is 20.0. The molecule has 156 valence electrons. The van der Waals surface area contributed by atoms with Crippen LogP contribution in [0.25, 0.3) is 0 Å². The number of thiol groups is 1. The van der Waals surface area contributed by atoms with Crippen molar-refractivity contribution in [2.75, 3.05) is 36.2 Å². The Bertz CT molecular complexity index is 1030.